The molecule has 0 aliphatic heterocycles. The molecule has 1 aromatic carbocycles. The molecule has 2 aromatic rings. The fourth-order valence-corrected chi connectivity index (χ4v) is 3.66. The van der Waals surface area contributed by atoms with Gasteiger partial charge in [-0.15, -0.1) is 0 Å². The Bertz CT molecular complexity index is 849. The number of alkyl halides is 3. The Labute approximate surface area is 155 Å². The quantitative estimate of drug-likeness (QED) is 0.802. The van der Waals surface area contributed by atoms with E-state index in [1.165, 1.54) is 0 Å². The molecule has 1 heterocycles. The number of amides is 1. The van der Waals surface area contributed by atoms with Crippen LogP contribution in [0.1, 0.15) is 54.8 Å². The number of aromatic nitrogens is 2. The van der Waals surface area contributed by atoms with Crippen molar-refractivity contribution in [3.05, 3.63) is 47.2 Å². The van der Waals surface area contributed by atoms with Gasteiger partial charge in [-0.25, -0.2) is 0 Å². The van der Waals surface area contributed by atoms with Crippen LogP contribution in [0.5, 0.6) is 0 Å². The number of anilines is 1. The SMILES string of the molecule is Cn1nc(Cc2ccccc2)c(C2CC2)c1NC(=O)CC1(C(F)(F)F)CC1. The summed E-state index contributed by atoms with van der Waals surface area (Å²) in [4.78, 5) is 12.4. The van der Waals surface area contributed by atoms with Gasteiger partial charge in [0.1, 0.15) is 5.82 Å². The van der Waals surface area contributed by atoms with Gasteiger partial charge in [-0.1, -0.05) is 30.3 Å². The molecule has 0 saturated heterocycles. The Hall–Kier alpha value is -2.31. The van der Waals surface area contributed by atoms with Crippen LogP contribution in [0.25, 0.3) is 0 Å². The molecule has 2 saturated carbocycles. The number of carbonyl (C=O) groups excluding carboxylic acids is 1. The molecule has 0 atom stereocenters. The third-order valence-electron chi connectivity index (χ3n) is 5.57. The highest BCUT2D eigenvalue weighted by Crippen LogP contribution is 2.60. The molecule has 2 aliphatic rings. The van der Waals surface area contributed by atoms with E-state index in [-0.39, 0.29) is 12.8 Å². The van der Waals surface area contributed by atoms with Crippen LogP contribution in [-0.4, -0.2) is 21.9 Å². The molecule has 2 aliphatic carbocycles. The number of carbonyl (C=O) groups is 1. The van der Waals surface area contributed by atoms with E-state index in [1.54, 1.807) is 11.7 Å². The molecule has 1 N–H and O–H groups in total. The fourth-order valence-electron chi connectivity index (χ4n) is 3.66. The van der Waals surface area contributed by atoms with Crippen molar-refractivity contribution in [3.63, 3.8) is 0 Å². The lowest BCUT2D eigenvalue weighted by atomic mass is 10.0. The summed E-state index contributed by atoms with van der Waals surface area (Å²) < 4.78 is 41.0. The first-order valence-corrected chi connectivity index (χ1v) is 9.25. The summed E-state index contributed by atoms with van der Waals surface area (Å²) in [5, 5.41) is 7.30. The van der Waals surface area contributed by atoms with E-state index >= 15 is 0 Å². The maximum Gasteiger partial charge on any atom is 0.395 e. The Morgan fingerprint density at radius 1 is 1.26 bits per heavy atom. The van der Waals surface area contributed by atoms with Crippen LogP contribution in [0.3, 0.4) is 0 Å². The van der Waals surface area contributed by atoms with E-state index in [4.69, 9.17) is 0 Å². The lowest BCUT2D eigenvalue weighted by Gasteiger charge is -2.18. The van der Waals surface area contributed by atoms with Crippen LogP contribution in [0.15, 0.2) is 30.3 Å². The molecule has 7 heteroatoms. The molecule has 1 aromatic heterocycles. The molecule has 0 radical (unpaired) electrons. The van der Waals surface area contributed by atoms with E-state index in [2.05, 4.69) is 10.4 Å². The standard InChI is InChI=1S/C20H22F3N3O/c1-26-18(24-16(27)12-19(9-10-19)20(21,22)23)17(14-7-8-14)15(25-26)11-13-5-3-2-4-6-13/h2-6,14H,7-12H2,1H3,(H,24,27). The van der Waals surface area contributed by atoms with Gasteiger partial charge < -0.3 is 5.32 Å². The summed E-state index contributed by atoms with van der Waals surface area (Å²) in [6.07, 6.45) is -2.10. The second-order valence-electron chi connectivity index (χ2n) is 7.77. The van der Waals surface area contributed by atoms with Gasteiger partial charge in [-0.3, -0.25) is 9.48 Å². The second kappa shape index (κ2) is 6.39. The van der Waals surface area contributed by atoms with E-state index in [1.807, 2.05) is 30.3 Å². The smallest absolute Gasteiger partial charge is 0.311 e. The number of nitrogens with one attached hydrogen (secondary N) is 1. The van der Waals surface area contributed by atoms with Gasteiger partial charge in [0.05, 0.1) is 11.1 Å². The van der Waals surface area contributed by atoms with Crippen molar-refractivity contribution in [3.8, 4) is 0 Å². The van der Waals surface area contributed by atoms with Crippen LogP contribution >= 0.6 is 0 Å². The van der Waals surface area contributed by atoms with E-state index < -0.39 is 23.9 Å². The summed E-state index contributed by atoms with van der Waals surface area (Å²) >= 11 is 0. The van der Waals surface area contributed by atoms with Gasteiger partial charge in [0.25, 0.3) is 0 Å². The predicted molar refractivity (Wildman–Crippen MR) is 95.4 cm³/mol. The minimum absolute atomic E-state index is 0.0318. The molecule has 0 spiro atoms. The molecule has 144 valence electrons. The normalized spacial score (nSPS) is 18.4. The number of halogens is 3. The largest absolute Gasteiger partial charge is 0.395 e. The highest BCUT2D eigenvalue weighted by molar-refractivity contribution is 5.91. The van der Waals surface area contributed by atoms with Gasteiger partial charge in [0.15, 0.2) is 0 Å². The van der Waals surface area contributed by atoms with Gasteiger partial charge in [0.2, 0.25) is 5.91 Å². The Morgan fingerprint density at radius 3 is 2.48 bits per heavy atom. The maximum absolute atomic E-state index is 13.1. The maximum atomic E-state index is 13.1. The zero-order valence-electron chi connectivity index (χ0n) is 15.1. The van der Waals surface area contributed by atoms with Crippen molar-refractivity contribution >= 4 is 11.7 Å². The summed E-state index contributed by atoms with van der Waals surface area (Å²) in [5.74, 6) is 0.289. The number of aryl methyl sites for hydroxylation is 1. The minimum Gasteiger partial charge on any atom is -0.311 e. The number of benzene rings is 1. The zero-order valence-corrected chi connectivity index (χ0v) is 15.1. The average Bonchev–Trinajstić information content (AvgIpc) is 3.50. The summed E-state index contributed by atoms with van der Waals surface area (Å²) in [6, 6.07) is 9.91. The molecule has 4 nitrogen and oxygen atoms in total. The monoisotopic (exact) mass is 377 g/mol. The Balaban J connectivity index is 1.55. The molecule has 0 unspecified atom stereocenters. The topological polar surface area (TPSA) is 46.9 Å². The van der Waals surface area contributed by atoms with Crippen molar-refractivity contribution in [2.75, 3.05) is 5.32 Å². The highest BCUT2D eigenvalue weighted by Gasteiger charge is 2.63. The first-order chi connectivity index (χ1) is 12.8. The number of rotatable bonds is 6. The second-order valence-corrected chi connectivity index (χ2v) is 7.77. The zero-order chi connectivity index (χ0) is 19.2. The van der Waals surface area contributed by atoms with E-state index in [0.29, 0.717) is 18.2 Å². The predicted octanol–water partition coefficient (Wildman–Crippen LogP) is 4.56. The lowest BCUT2D eigenvalue weighted by molar-refractivity contribution is -0.189. The molecule has 1 amide bonds. The average molecular weight is 377 g/mol. The Morgan fingerprint density at radius 2 is 1.93 bits per heavy atom. The first kappa shape index (κ1) is 18.1. The highest BCUT2D eigenvalue weighted by atomic mass is 19.4. The van der Waals surface area contributed by atoms with Crippen molar-refractivity contribution in [2.24, 2.45) is 12.5 Å². The lowest BCUT2D eigenvalue weighted by Crippen LogP contribution is -2.30. The van der Waals surface area contributed by atoms with Gasteiger partial charge in [0, 0.05) is 25.5 Å². The van der Waals surface area contributed by atoms with Crippen molar-refractivity contribution in [2.45, 2.75) is 50.6 Å². The molecule has 0 bridgehead atoms. The van der Waals surface area contributed by atoms with Crippen molar-refractivity contribution in [1.82, 2.24) is 9.78 Å². The van der Waals surface area contributed by atoms with Crippen molar-refractivity contribution in [1.29, 1.82) is 0 Å². The third kappa shape index (κ3) is 3.59. The van der Waals surface area contributed by atoms with Gasteiger partial charge in [-0.2, -0.15) is 18.3 Å². The number of hydrogen-bond acceptors (Lipinski definition) is 2. The van der Waals surface area contributed by atoms with Crippen LogP contribution in [0.2, 0.25) is 0 Å². The summed E-state index contributed by atoms with van der Waals surface area (Å²) in [7, 11) is 1.73. The van der Waals surface area contributed by atoms with E-state index in [0.717, 1.165) is 29.7 Å². The number of nitrogens with zero attached hydrogens (tertiary/aromatic N) is 2. The molecule has 4 rings (SSSR count). The third-order valence-corrected chi connectivity index (χ3v) is 5.57. The molecular formula is C20H22F3N3O. The minimum atomic E-state index is -4.32. The van der Waals surface area contributed by atoms with E-state index in [9.17, 15) is 18.0 Å². The van der Waals surface area contributed by atoms with Crippen LogP contribution in [0.4, 0.5) is 19.0 Å². The van der Waals surface area contributed by atoms with Crippen molar-refractivity contribution < 1.29 is 18.0 Å². The summed E-state index contributed by atoms with van der Waals surface area (Å²) in [6.45, 7) is 0. The molecule has 27 heavy (non-hydrogen) atoms. The fraction of sp³-hybridized carbons (Fsp3) is 0.500. The molecule has 2 fully saturated rings. The summed E-state index contributed by atoms with van der Waals surface area (Å²) in [5.41, 5.74) is 1.15. The van der Waals surface area contributed by atoms with Crippen LogP contribution in [0, 0.1) is 5.41 Å². The van der Waals surface area contributed by atoms with Gasteiger partial charge >= 0.3 is 6.18 Å². The van der Waals surface area contributed by atoms with Crippen LogP contribution < -0.4 is 5.32 Å². The Kier molecular flexibility index (Phi) is 4.28. The first-order valence-electron chi connectivity index (χ1n) is 9.25. The van der Waals surface area contributed by atoms with Crippen LogP contribution in [-0.2, 0) is 18.3 Å². The number of hydrogen-bond donors (Lipinski definition) is 1. The molecular weight excluding hydrogens is 355 g/mol. The van der Waals surface area contributed by atoms with Gasteiger partial charge in [-0.05, 0) is 37.2 Å².